The molecule has 3 rings (SSSR count). The summed E-state index contributed by atoms with van der Waals surface area (Å²) in [6.07, 6.45) is 0.941. The average molecular weight is 377 g/mol. The fourth-order valence-electron chi connectivity index (χ4n) is 3.14. The molecule has 0 atom stereocenters. The van der Waals surface area contributed by atoms with Gasteiger partial charge in [-0.3, -0.25) is 9.59 Å². The first-order chi connectivity index (χ1) is 13.6. The molecule has 0 unspecified atom stereocenters. The van der Waals surface area contributed by atoms with Crippen LogP contribution in [-0.2, 0) is 11.2 Å². The van der Waals surface area contributed by atoms with E-state index in [2.05, 4.69) is 6.92 Å². The van der Waals surface area contributed by atoms with Gasteiger partial charge >= 0.3 is 0 Å². The summed E-state index contributed by atoms with van der Waals surface area (Å²) in [6.45, 7) is 3.90. The highest BCUT2D eigenvalue weighted by atomic mass is 16.5. The molecular formula is C22H23N3O3. The Balaban J connectivity index is 1.51. The number of para-hydroxylation sites is 1. The molecule has 0 spiro atoms. The summed E-state index contributed by atoms with van der Waals surface area (Å²) < 4.78 is 5.51. The summed E-state index contributed by atoms with van der Waals surface area (Å²) >= 11 is 0. The van der Waals surface area contributed by atoms with Crippen LogP contribution in [0, 0.1) is 11.3 Å². The third-order valence-corrected chi connectivity index (χ3v) is 4.89. The minimum atomic E-state index is -0.146. The van der Waals surface area contributed by atoms with Crippen LogP contribution in [0.5, 0.6) is 5.75 Å². The van der Waals surface area contributed by atoms with Crippen LogP contribution in [-0.4, -0.2) is 54.4 Å². The molecule has 2 aromatic carbocycles. The number of ether oxygens (including phenoxy) is 1. The van der Waals surface area contributed by atoms with E-state index in [9.17, 15) is 9.59 Å². The van der Waals surface area contributed by atoms with Gasteiger partial charge in [-0.25, -0.2) is 0 Å². The number of nitriles is 1. The molecule has 1 heterocycles. The van der Waals surface area contributed by atoms with Crippen LogP contribution >= 0.6 is 0 Å². The number of carbonyl (C=O) groups excluding carboxylic acids is 2. The summed E-state index contributed by atoms with van der Waals surface area (Å²) in [7, 11) is 0. The molecule has 1 aliphatic rings. The van der Waals surface area contributed by atoms with E-state index in [4.69, 9.17) is 10.00 Å². The number of rotatable bonds is 5. The lowest BCUT2D eigenvalue weighted by molar-refractivity contribution is -0.134. The van der Waals surface area contributed by atoms with Crippen LogP contribution < -0.4 is 4.74 Å². The van der Waals surface area contributed by atoms with Gasteiger partial charge in [0, 0.05) is 31.7 Å². The van der Waals surface area contributed by atoms with Gasteiger partial charge in [0.2, 0.25) is 0 Å². The van der Waals surface area contributed by atoms with Crippen molar-refractivity contribution in [3.8, 4) is 11.8 Å². The van der Waals surface area contributed by atoms with Gasteiger partial charge < -0.3 is 14.5 Å². The zero-order chi connectivity index (χ0) is 19.9. The van der Waals surface area contributed by atoms with Crippen LogP contribution in [0.4, 0.5) is 0 Å². The largest absolute Gasteiger partial charge is 0.482 e. The molecule has 0 aromatic heterocycles. The highest BCUT2D eigenvalue weighted by Crippen LogP contribution is 2.17. The van der Waals surface area contributed by atoms with Gasteiger partial charge in [-0.1, -0.05) is 31.2 Å². The van der Waals surface area contributed by atoms with Crippen molar-refractivity contribution >= 4 is 11.8 Å². The van der Waals surface area contributed by atoms with Crippen LogP contribution in [0.2, 0.25) is 0 Å². The SMILES string of the molecule is CCc1ccc(C(=O)N2CCN(C(=O)COc3ccccc3C#N)CC2)cc1. The number of benzene rings is 2. The van der Waals surface area contributed by atoms with E-state index in [0.29, 0.717) is 43.1 Å². The molecule has 1 aliphatic heterocycles. The normalized spacial score (nSPS) is 13.7. The summed E-state index contributed by atoms with van der Waals surface area (Å²) in [5.74, 6) is 0.254. The Bertz CT molecular complexity index is 879. The smallest absolute Gasteiger partial charge is 0.260 e. The number of hydrogen-bond acceptors (Lipinski definition) is 4. The minimum absolute atomic E-state index is 0.00560. The van der Waals surface area contributed by atoms with Crippen molar-refractivity contribution in [3.63, 3.8) is 0 Å². The predicted octanol–water partition coefficient (Wildman–Crippen LogP) is 2.48. The maximum atomic E-state index is 12.6. The van der Waals surface area contributed by atoms with Crippen molar-refractivity contribution in [1.82, 2.24) is 9.80 Å². The number of carbonyl (C=O) groups is 2. The lowest BCUT2D eigenvalue weighted by atomic mass is 10.1. The van der Waals surface area contributed by atoms with Crippen molar-refractivity contribution in [2.75, 3.05) is 32.8 Å². The monoisotopic (exact) mass is 377 g/mol. The molecule has 0 radical (unpaired) electrons. The standard InChI is InChI=1S/C22H23N3O3/c1-2-17-7-9-18(10-8-17)22(27)25-13-11-24(12-14-25)21(26)16-28-20-6-4-3-5-19(20)15-23/h3-10H,2,11-14,16H2,1H3. The number of aryl methyl sites for hydroxylation is 1. The summed E-state index contributed by atoms with van der Waals surface area (Å²) in [5.41, 5.74) is 2.28. The molecule has 0 saturated carbocycles. The number of nitrogens with zero attached hydrogens (tertiary/aromatic N) is 3. The quantitative estimate of drug-likeness (QED) is 0.802. The molecule has 2 aromatic rings. The topological polar surface area (TPSA) is 73.6 Å². The summed E-state index contributed by atoms with van der Waals surface area (Å²) in [5, 5.41) is 9.07. The maximum absolute atomic E-state index is 12.6. The van der Waals surface area contributed by atoms with E-state index in [-0.39, 0.29) is 18.4 Å². The number of amides is 2. The third-order valence-electron chi connectivity index (χ3n) is 4.89. The van der Waals surface area contributed by atoms with E-state index in [1.807, 2.05) is 30.3 Å². The predicted molar refractivity (Wildman–Crippen MR) is 105 cm³/mol. The van der Waals surface area contributed by atoms with Crippen molar-refractivity contribution in [2.24, 2.45) is 0 Å². The summed E-state index contributed by atoms with van der Waals surface area (Å²) in [4.78, 5) is 28.5. The van der Waals surface area contributed by atoms with Crippen molar-refractivity contribution in [1.29, 1.82) is 5.26 Å². The van der Waals surface area contributed by atoms with Gasteiger partial charge in [0.15, 0.2) is 6.61 Å². The second-order valence-electron chi connectivity index (χ2n) is 6.62. The van der Waals surface area contributed by atoms with Gasteiger partial charge in [0.25, 0.3) is 11.8 Å². The van der Waals surface area contributed by atoms with Gasteiger partial charge in [-0.2, -0.15) is 5.26 Å². The van der Waals surface area contributed by atoms with E-state index < -0.39 is 0 Å². The fourth-order valence-corrected chi connectivity index (χ4v) is 3.14. The third kappa shape index (κ3) is 4.49. The molecule has 144 valence electrons. The number of piperazine rings is 1. The van der Waals surface area contributed by atoms with Crippen LogP contribution in [0.1, 0.15) is 28.4 Å². The van der Waals surface area contributed by atoms with Crippen LogP contribution in [0.3, 0.4) is 0 Å². The van der Waals surface area contributed by atoms with E-state index in [1.165, 1.54) is 5.56 Å². The van der Waals surface area contributed by atoms with Gasteiger partial charge in [-0.15, -0.1) is 0 Å². The van der Waals surface area contributed by atoms with E-state index in [1.54, 1.807) is 34.1 Å². The van der Waals surface area contributed by atoms with Crippen molar-refractivity contribution < 1.29 is 14.3 Å². The Kier molecular flexibility index (Phi) is 6.28. The molecule has 1 saturated heterocycles. The summed E-state index contributed by atoms with van der Waals surface area (Å²) in [6, 6.07) is 16.6. The Morgan fingerprint density at radius 1 is 1.00 bits per heavy atom. The zero-order valence-corrected chi connectivity index (χ0v) is 15.9. The molecule has 0 bridgehead atoms. The minimum Gasteiger partial charge on any atom is -0.482 e. The van der Waals surface area contributed by atoms with Crippen molar-refractivity contribution in [3.05, 3.63) is 65.2 Å². The zero-order valence-electron chi connectivity index (χ0n) is 15.9. The Labute approximate surface area is 164 Å². The Hall–Kier alpha value is -3.33. The first-order valence-electron chi connectivity index (χ1n) is 9.40. The second-order valence-corrected chi connectivity index (χ2v) is 6.62. The fraction of sp³-hybridized carbons (Fsp3) is 0.318. The molecular weight excluding hydrogens is 354 g/mol. The second kappa shape index (κ2) is 9.05. The molecule has 6 nitrogen and oxygen atoms in total. The maximum Gasteiger partial charge on any atom is 0.260 e. The molecule has 6 heteroatoms. The average Bonchev–Trinajstić information content (AvgIpc) is 2.77. The van der Waals surface area contributed by atoms with Gasteiger partial charge in [0.05, 0.1) is 5.56 Å². The lowest BCUT2D eigenvalue weighted by Crippen LogP contribution is -2.51. The molecule has 1 fully saturated rings. The first kappa shape index (κ1) is 19.4. The van der Waals surface area contributed by atoms with Crippen LogP contribution in [0.25, 0.3) is 0 Å². The van der Waals surface area contributed by atoms with E-state index in [0.717, 1.165) is 6.42 Å². The first-order valence-corrected chi connectivity index (χ1v) is 9.40. The molecule has 2 amide bonds. The Morgan fingerprint density at radius 2 is 1.64 bits per heavy atom. The molecule has 28 heavy (non-hydrogen) atoms. The van der Waals surface area contributed by atoms with Crippen molar-refractivity contribution in [2.45, 2.75) is 13.3 Å². The highest BCUT2D eigenvalue weighted by Gasteiger charge is 2.25. The van der Waals surface area contributed by atoms with Gasteiger partial charge in [-0.05, 0) is 36.2 Å². The highest BCUT2D eigenvalue weighted by molar-refractivity contribution is 5.94. The lowest BCUT2D eigenvalue weighted by Gasteiger charge is -2.34. The Morgan fingerprint density at radius 3 is 2.29 bits per heavy atom. The molecule has 0 N–H and O–H groups in total. The number of hydrogen-bond donors (Lipinski definition) is 0. The molecule has 0 aliphatic carbocycles. The van der Waals surface area contributed by atoms with E-state index >= 15 is 0 Å². The van der Waals surface area contributed by atoms with Crippen LogP contribution in [0.15, 0.2) is 48.5 Å². The van der Waals surface area contributed by atoms with Gasteiger partial charge in [0.1, 0.15) is 11.8 Å².